The molecule has 0 spiro atoms. The van der Waals surface area contributed by atoms with Crippen molar-refractivity contribution in [2.45, 2.75) is 72.1 Å². The van der Waals surface area contributed by atoms with Crippen LogP contribution in [0.15, 0.2) is 22.6 Å². The Bertz CT molecular complexity index is 818. The standard InChI is InChI=1S/C21H30O6S/c1-4-5-6-7-8-9-12-21(14(2)3)13-16(22)15-10-11-17(28(25,26)27)19(23)18(15)20(21)24/h10-11,14,18H,4-9,12-13H2,1-3H3,(H,25,26,27). The van der Waals surface area contributed by atoms with Crippen LogP contribution in [0.2, 0.25) is 0 Å². The normalized spacial score (nSPS) is 25.6. The Morgan fingerprint density at radius 2 is 1.68 bits per heavy atom. The number of ketones is 3. The molecular formula is C21H30O6S. The molecule has 0 bridgehead atoms. The smallest absolute Gasteiger partial charge is 0.298 e. The lowest BCUT2D eigenvalue weighted by Crippen LogP contribution is -2.51. The van der Waals surface area contributed by atoms with Gasteiger partial charge >= 0.3 is 0 Å². The van der Waals surface area contributed by atoms with Gasteiger partial charge < -0.3 is 0 Å². The molecule has 2 aliphatic rings. The largest absolute Gasteiger partial charge is 0.298 e. The fourth-order valence-electron chi connectivity index (χ4n) is 4.33. The van der Waals surface area contributed by atoms with Crippen molar-refractivity contribution in [3.05, 3.63) is 22.6 Å². The van der Waals surface area contributed by atoms with Gasteiger partial charge in [-0.25, -0.2) is 0 Å². The van der Waals surface area contributed by atoms with Gasteiger partial charge in [0.15, 0.2) is 17.3 Å². The molecule has 1 N–H and O–H groups in total. The predicted octanol–water partition coefficient (Wildman–Crippen LogP) is 3.82. The van der Waals surface area contributed by atoms with E-state index in [4.69, 9.17) is 0 Å². The van der Waals surface area contributed by atoms with Gasteiger partial charge in [0.1, 0.15) is 10.8 Å². The second kappa shape index (κ2) is 8.82. The number of allylic oxidation sites excluding steroid dienone is 4. The van der Waals surface area contributed by atoms with Gasteiger partial charge in [-0.2, -0.15) is 8.42 Å². The van der Waals surface area contributed by atoms with Crippen LogP contribution >= 0.6 is 0 Å². The molecule has 1 fully saturated rings. The van der Waals surface area contributed by atoms with Crippen molar-refractivity contribution < 1.29 is 27.4 Å². The zero-order chi connectivity index (χ0) is 21.1. The third kappa shape index (κ3) is 4.35. The first kappa shape index (κ1) is 22.7. The maximum Gasteiger partial charge on any atom is 0.298 e. The quantitative estimate of drug-likeness (QED) is 0.352. The van der Waals surface area contributed by atoms with Gasteiger partial charge in [-0.05, 0) is 18.4 Å². The van der Waals surface area contributed by atoms with E-state index < -0.39 is 32.1 Å². The van der Waals surface area contributed by atoms with Crippen molar-refractivity contribution in [3.63, 3.8) is 0 Å². The van der Waals surface area contributed by atoms with Crippen LogP contribution in [0.5, 0.6) is 0 Å². The Hall–Kier alpha value is -1.60. The van der Waals surface area contributed by atoms with Gasteiger partial charge in [-0.15, -0.1) is 0 Å². The Labute approximate surface area is 167 Å². The van der Waals surface area contributed by atoms with Crippen LogP contribution in [-0.4, -0.2) is 30.3 Å². The third-order valence-corrected chi connectivity index (χ3v) is 7.03. The van der Waals surface area contributed by atoms with Crippen molar-refractivity contribution in [3.8, 4) is 0 Å². The molecule has 0 heterocycles. The number of fused-ring (bicyclic) bond motifs is 1. The van der Waals surface area contributed by atoms with Crippen LogP contribution < -0.4 is 0 Å². The highest BCUT2D eigenvalue weighted by molar-refractivity contribution is 7.90. The van der Waals surface area contributed by atoms with Crippen LogP contribution in [0.3, 0.4) is 0 Å². The third-order valence-electron chi connectivity index (χ3n) is 6.14. The van der Waals surface area contributed by atoms with Crippen molar-refractivity contribution >= 4 is 27.5 Å². The molecule has 1 saturated carbocycles. The Balaban J connectivity index is 2.28. The molecule has 0 saturated heterocycles. The van der Waals surface area contributed by atoms with Crippen LogP contribution in [0.25, 0.3) is 0 Å². The fourth-order valence-corrected chi connectivity index (χ4v) is 4.94. The second-order valence-electron chi connectivity index (χ2n) is 8.22. The molecule has 0 aliphatic heterocycles. The van der Waals surface area contributed by atoms with Gasteiger partial charge in [0, 0.05) is 17.4 Å². The van der Waals surface area contributed by atoms with Gasteiger partial charge in [0.25, 0.3) is 10.1 Å². The molecule has 0 aromatic carbocycles. The molecule has 0 amide bonds. The number of Topliss-reactive ketones (excluding diaryl/α,β-unsaturated/α-hetero) is 3. The topological polar surface area (TPSA) is 106 Å². The summed E-state index contributed by atoms with van der Waals surface area (Å²) in [6.07, 6.45) is 8.91. The van der Waals surface area contributed by atoms with Crippen molar-refractivity contribution in [1.82, 2.24) is 0 Å². The lowest BCUT2D eigenvalue weighted by atomic mass is 9.57. The fraction of sp³-hybridized carbons (Fsp3) is 0.667. The maximum absolute atomic E-state index is 13.4. The SMILES string of the molecule is CCCCCCCCC1(C(C)C)CC(=O)C2=CC=C(S(=O)(=O)O)C(=O)C2C1=O. The molecule has 28 heavy (non-hydrogen) atoms. The Kier molecular flexibility index (Phi) is 7.15. The molecule has 2 unspecified atom stereocenters. The van der Waals surface area contributed by atoms with Crippen molar-refractivity contribution in [2.24, 2.45) is 17.3 Å². The summed E-state index contributed by atoms with van der Waals surface area (Å²) in [5, 5.41) is 0. The number of unbranched alkanes of at least 4 members (excludes halogenated alkanes) is 5. The van der Waals surface area contributed by atoms with Gasteiger partial charge in [0.05, 0.1) is 0 Å². The van der Waals surface area contributed by atoms with Gasteiger partial charge in [-0.3, -0.25) is 18.9 Å². The van der Waals surface area contributed by atoms with E-state index >= 15 is 0 Å². The average molecular weight is 411 g/mol. The average Bonchev–Trinajstić information content (AvgIpc) is 2.60. The zero-order valence-corrected chi connectivity index (χ0v) is 17.7. The Morgan fingerprint density at radius 3 is 2.25 bits per heavy atom. The van der Waals surface area contributed by atoms with Crippen LogP contribution in [-0.2, 0) is 24.5 Å². The van der Waals surface area contributed by atoms with E-state index in [2.05, 4.69) is 6.92 Å². The molecule has 2 aliphatic carbocycles. The summed E-state index contributed by atoms with van der Waals surface area (Å²) >= 11 is 0. The summed E-state index contributed by atoms with van der Waals surface area (Å²) < 4.78 is 32.3. The number of hydrogen-bond donors (Lipinski definition) is 1. The van der Waals surface area contributed by atoms with Crippen LogP contribution in [0, 0.1) is 17.3 Å². The lowest BCUT2D eigenvalue weighted by Gasteiger charge is -2.43. The summed E-state index contributed by atoms with van der Waals surface area (Å²) in [4.78, 5) is 38.0. The molecule has 0 radical (unpaired) electrons. The number of carbonyl (C=O) groups excluding carboxylic acids is 3. The molecule has 6 nitrogen and oxygen atoms in total. The van der Waals surface area contributed by atoms with E-state index in [1.807, 2.05) is 13.8 Å². The van der Waals surface area contributed by atoms with Crippen molar-refractivity contribution in [2.75, 3.05) is 0 Å². The van der Waals surface area contributed by atoms with E-state index in [9.17, 15) is 27.4 Å². The number of hydrogen-bond acceptors (Lipinski definition) is 5. The van der Waals surface area contributed by atoms with E-state index in [-0.39, 0.29) is 29.5 Å². The Morgan fingerprint density at radius 1 is 1.07 bits per heavy atom. The zero-order valence-electron chi connectivity index (χ0n) is 16.9. The second-order valence-corrected chi connectivity index (χ2v) is 9.61. The van der Waals surface area contributed by atoms with E-state index in [0.717, 1.165) is 38.2 Å². The highest BCUT2D eigenvalue weighted by atomic mass is 32.2. The summed E-state index contributed by atoms with van der Waals surface area (Å²) in [5.41, 5.74) is -0.928. The maximum atomic E-state index is 13.4. The molecule has 2 atom stereocenters. The van der Waals surface area contributed by atoms with Gasteiger partial charge in [-0.1, -0.05) is 65.4 Å². The molecule has 156 valence electrons. The van der Waals surface area contributed by atoms with Crippen LogP contribution in [0.4, 0.5) is 0 Å². The van der Waals surface area contributed by atoms with E-state index in [0.29, 0.717) is 6.42 Å². The highest BCUT2D eigenvalue weighted by Crippen LogP contribution is 2.48. The first-order chi connectivity index (χ1) is 13.1. The molecule has 2 rings (SSSR count). The van der Waals surface area contributed by atoms with E-state index in [1.165, 1.54) is 12.5 Å². The van der Waals surface area contributed by atoms with E-state index in [1.54, 1.807) is 0 Å². The molecule has 0 aromatic rings. The summed E-state index contributed by atoms with van der Waals surface area (Å²) in [6, 6.07) is 0. The number of carbonyl (C=O) groups is 3. The lowest BCUT2D eigenvalue weighted by molar-refractivity contribution is -0.146. The monoisotopic (exact) mass is 410 g/mol. The first-order valence-electron chi connectivity index (χ1n) is 10.1. The predicted molar refractivity (Wildman–Crippen MR) is 106 cm³/mol. The number of rotatable bonds is 9. The molecule has 7 heteroatoms. The molecule has 0 aromatic heterocycles. The molecular weight excluding hydrogens is 380 g/mol. The highest BCUT2D eigenvalue weighted by Gasteiger charge is 2.55. The van der Waals surface area contributed by atoms with Gasteiger partial charge in [0.2, 0.25) is 0 Å². The van der Waals surface area contributed by atoms with Crippen LogP contribution in [0.1, 0.15) is 72.1 Å². The first-order valence-corrected chi connectivity index (χ1v) is 11.5. The minimum Gasteiger partial charge on any atom is -0.298 e. The summed E-state index contributed by atoms with van der Waals surface area (Å²) in [7, 11) is -4.75. The minimum absolute atomic E-state index is 0.0432. The van der Waals surface area contributed by atoms with Crippen molar-refractivity contribution in [1.29, 1.82) is 0 Å². The minimum atomic E-state index is -4.75. The summed E-state index contributed by atoms with van der Waals surface area (Å²) in [5.74, 6) is -3.25. The summed E-state index contributed by atoms with van der Waals surface area (Å²) in [6.45, 7) is 5.87.